The van der Waals surface area contributed by atoms with Gasteiger partial charge >= 0.3 is 17.9 Å². The Kier molecular flexibility index (Phi) is 13.4. The quantitative estimate of drug-likeness (QED) is 0.513. The fraction of sp³-hybridized carbons (Fsp3) is 0.500. The molecule has 0 saturated carbocycles. The molecule has 0 rings (SSSR count). The Morgan fingerprint density at radius 2 is 1.00 bits per heavy atom. The summed E-state index contributed by atoms with van der Waals surface area (Å²) in [7, 11) is 0. The van der Waals surface area contributed by atoms with E-state index in [2.05, 4.69) is 0 Å². The molecule has 0 bridgehead atoms. The fourth-order valence-electron chi connectivity index (χ4n) is 0.742. The normalized spacial score (nSPS) is 8.60. The van der Waals surface area contributed by atoms with Gasteiger partial charge in [0.2, 0.25) is 0 Å². The number of carbonyl (C=O) groups is 3. The molecule has 0 fully saturated rings. The smallest absolute Gasteiger partial charge is 0.317 e. The molecule has 84 valence electrons. The molecule has 15 heavy (non-hydrogen) atoms. The molecule has 0 aliphatic heterocycles. The number of hydrogen-bond donors (Lipinski definition) is 3. The summed E-state index contributed by atoms with van der Waals surface area (Å²) in [6, 6.07) is 0. The van der Waals surface area contributed by atoms with Crippen LogP contribution in [-0.2, 0) is 50.9 Å². The Bertz CT molecular complexity index is 198. The fourth-order valence-corrected chi connectivity index (χ4v) is 0.742. The molecule has 3 N–H and O–H groups in total. The Labute approximate surface area is 109 Å². The summed E-state index contributed by atoms with van der Waals surface area (Å²) in [4.78, 5) is 31.2. The van der Waals surface area contributed by atoms with Crippen molar-refractivity contribution in [2.75, 3.05) is 19.6 Å². The molecule has 0 aliphatic rings. The van der Waals surface area contributed by atoms with Crippen LogP contribution in [0.1, 0.15) is 0 Å². The summed E-state index contributed by atoms with van der Waals surface area (Å²) in [6.07, 6.45) is 0. The molecule has 0 saturated heterocycles. The molecule has 0 radical (unpaired) electrons. The van der Waals surface area contributed by atoms with Crippen LogP contribution in [0.2, 0.25) is 0 Å². The Morgan fingerprint density at radius 3 is 1.13 bits per heavy atom. The van der Waals surface area contributed by atoms with Gasteiger partial charge in [0.15, 0.2) is 0 Å². The standard InChI is InChI=1S/C6H9NO6.Fe.Zn/c8-4(9)1-7(2-5(10)11)3-6(12)13;;/h1-3H2,(H,8,9)(H,10,11)(H,12,13);;. The van der Waals surface area contributed by atoms with E-state index < -0.39 is 37.5 Å². The van der Waals surface area contributed by atoms with Crippen molar-refractivity contribution < 1.29 is 66.2 Å². The second-order valence-electron chi connectivity index (χ2n) is 2.33. The molecule has 0 aliphatic carbocycles. The molecule has 0 unspecified atom stereocenters. The van der Waals surface area contributed by atoms with Crippen LogP contribution in [0.4, 0.5) is 0 Å². The molecule has 9 heteroatoms. The summed E-state index contributed by atoms with van der Waals surface area (Å²) >= 11 is 0. The first-order valence-electron chi connectivity index (χ1n) is 3.29. The Hall–Kier alpha value is -0.487. The van der Waals surface area contributed by atoms with Crippen molar-refractivity contribution in [1.82, 2.24) is 4.90 Å². The van der Waals surface area contributed by atoms with Gasteiger partial charge in [-0.05, 0) is 0 Å². The van der Waals surface area contributed by atoms with Crippen molar-refractivity contribution in [2.24, 2.45) is 0 Å². The van der Waals surface area contributed by atoms with Crippen LogP contribution in [0, 0.1) is 0 Å². The molecule has 0 heterocycles. The summed E-state index contributed by atoms with van der Waals surface area (Å²) < 4.78 is 0. The van der Waals surface area contributed by atoms with Crippen molar-refractivity contribution in [3.63, 3.8) is 0 Å². The largest absolute Gasteiger partial charge is 0.480 e. The summed E-state index contributed by atoms with van der Waals surface area (Å²) in [5, 5.41) is 24.8. The minimum absolute atomic E-state index is 0. The number of carboxylic acid groups (broad SMARTS) is 3. The van der Waals surface area contributed by atoms with E-state index in [1.807, 2.05) is 0 Å². The number of nitrogens with zero attached hydrogens (tertiary/aromatic N) is 1. The summed E-state index contributed by atoms with van der Waals surface area (Å²) in [5.41, 5.74) is 0. The van der Waals surface area contributed by atoms with Crippen LogP contribution < -0.4 is 0 Å². The molecular weight excluding hydrogens is 303 g/mol. The first-order valence-corrected chi connectivity index (χ1v) is 3.29. The van der Waals surface area contributed by atoms with Crippen LogP contribution in [0.3, 0.4) is 0 Å². The van der Waals surface area contributed by atoms with Gasteiger partial charge in [-0.1, -0.05) is 0 Å². The zero-order chi connectivity index (χ0) is 10.4. The third-order valence-corrected chi connectivity index (χ3v) is 1.08. The second-order valence-corrected chi connectivity index (χ2v) is 2.33. The number of carboxylic acids is 3. The van der Waals surface area contributed by atoms with Crippen molar-refractivity contribution in [1.29, 1.82) is 0 Å². The maximum absolute atomic E-state index is 10.1. The van der Waals surface area contributed by atoms with E-state index in [1.165, 1.54) is 0 Å². The third kappa shape index (κ3) is 13.5. The zero-order valence-electron chi connectivity index (χ0n) is 7.70. The third-order valence-electron chi connectivity index (χ3n) is 1.08. The Balaban J connectivity index is -0.000000720. The van der Waals surface area contributed by atoms with E-state index in [4.69, 9.17) is 15.3 Å². The Morgan fingerprint density at radius 1 is 0.800 bits per heavy atom. The summed E-state index contributed by atoms with van der Waals surface area (Å²) in [6.45, 7) is -1.80. The maximum Gasteiger partial charge on any atom is 0.317 e. The second kappa shape index (κ2) is 10.0. The molecule has 0 atom stereocenters. The van der Waals surface area contributed by atoms with Gasteiger partial charge in [-0.3, -0.25) is 19.3 Å². The SMILES string of the molecule is O=C(O)CN(CC(=O)O)CC(=O)O.[Fe].[Zn]. The first kappa shape index (κ1) is 20.0. The number of aliphatic carboxylic acids is 3. The van der Waals surface area contributed by atoms with Crippen LogP contribution in [0.15, 0.2) is 0 Å². The number of rotatable bonds is 6. The van der Waals surface area contributed by atoms with Gasteiger partial charge in [-0.15, -0.1) is 0 Å². The van der Waals surface area contributed by atoms with Crippen molar-refractivity contribution in [2.45, 2.75) is 0 Å². The van der Waals surface area contributed by atoms with Gasteiger partial charge < -0.3 is 15.3 Å². The van der Waals surface area contributed by atoms with E-state index in [0.717, 1.165) is 4.90 Å². The van der Waals surface area contributed by atoms with E-state index in [9.17, 15) is 14.4 Å². The maximum atomic E-state index is 10.1. The predicted molar refractivity (Wildman–Crippen MR) is 39.3 cm³/mol. The van der Waals surface area contributed by atoms with E-state index >= 15 is 0 Å². The monoisotopic (exact) mass is 311 g/mol. The molecule has 0 aromatic carbocycles. The van der Waals surface area contributed by atoms with Gasteiger partial charge in [-0.25, -0.2) is 0 Å². The van der Waals surface area contributed by atoms with E-state index in [0.29, 0.717) is 0 Å². The topological polar surface area (TPSA) is 115 Å². The van der Waals surface area contributed by atoms with Gasteiger partial charge in [-0.2, -0.15) is 0 Å². The van der Waals surface area contributed by atoms with Crippen molar-refractivity contribution in [3.05, 3.63) is 0 Å². The van der Waals surface area contributed by atoms with Crippen LogP contribution >= 0.6 is 0 Å². The van der Waals surface area contributed by atoms with Crippen LogP contribution in [0.25, 0.3) is 0 Å². The molecule has 0 amide bonds. The molecule has 0 spiro atoms. The summed E-state index contributed by atoms with van der Waals surface area (Å²) in [5.74, 6) is -3.78. The molecule has 0 aromatic rings. The average molecular weight is 312 g/mol. The average Bonchev–Trinajstić information content (AvgIpc) is 1.80. The zero-order valence-corrected chi connectivity index (χ0v) is 11.8. The predicted octanol–water partition coefficient (Wildman–Crippen LogP) is -1.46. The molecule has 7 nitrogen and oxygen atoms in total. The minimum Gasteiger partial charge on any atom is -0.480 e. The van der Waals surface area contributed by atoms with Gasteiger partial charge in [0, 0.05) is 36.5 Å². The van der Waals surface area contributed by atoms with E-state index in [1.54, 1.807) is 0 Å². The van der Waals surface area contributed by atoms with Crippen molar-refractivity contribution in [3.8, 4) is 0 Å². The first-order chi connectivity index (χ1) is 5.91. The van der Waals surface area contributed by atoms with Gasteiger partial charge in [0.25, 0.3) is 0 Å². The molecule has 0 aromatic heterocycles. The van der Waals surface area contributed by atoms with E-state index in [-0.39, 0.29) is 36.5 Å². The van der Waals surface area contributed by atoms with Gasteiger partial charge in [0.05, 0.1) is 19.6 Å². The minimum atomic E-state index is -1.26. The van der Waals surface area contributed by atoms with Crippen molar-refractivity contribution >= 4 is 17.9 Å². The molecular formula is C6H9FeNO6Zn. The van der Waals surface area contributed by atoms with Gasteiger partial charge in [0.1, 0.15) is 0 Å². The number of hydrogen-bond acceptors (Lipinski definition) is 4. The van der Waals surface area contributed by atoms with Crippen LogP contribution in [-0.4, -0.2) is 57.8 Å². The van der Waals surface area contributed by atoms with Crippen LogP contribution in [0.5, 0.6) is 0 Å².